The molecule has 0 unspecified atom stereocenters. The summed E-state index contributed by atoms with van der Waals surface area (Å²) >= 11 is 11.9. The Morgan fingerprint density at radius 3 is 2.39 bits per heavy atom. The van der Waals surface area contributed by atoms with Gasteiger partial charge in [-0.1, -0.05) is 35.3 Å². The van der Waals surface area contributed by atoms with E-state index in [2.05, 4.69) is 5.32 Å². The summed E-state index contributed by atoms with van der Waals surface area (Å²) < 4.78 is 5.13. The van der Waals surface area contributed by atoms with Crippen molar-refractivity contribution in [3.05, 3.63) is 57.6 Å². The Hall–Kier alpha value is -2.24. The van der Waals surface area contributed by atoms with Crippen LogP contribution in [0.25, 0.3) is 0 Å². The molecule has 2 rings (SSSR count). The normalized spacial score (nSPS) is 10.2. The fourth-order valence-corrected chi connectivity index (χ4v) is 2.58. The maximum atomic E-state index is 12.3. The molecular weight excluding hydrogens is 341 g/mol. The summed E-state index contributed by atoms with van der Waals surface area (Å²) in [5.41, 5.74) is 1.27. The number of carbonyl (C=O) groups excluding carboxylic acids is 2. The van der Waals surface area contributed by atoms with Gasteiger partial charge < -0.3 is 20.0 Å². The third kappa shape index (κ3) is 4.37. The molecule has 0 aromatic heterocycles. The number of benzene rings is 2. The van der Waals surface area contributed by atoms with Gasteiger partial charge in [0.1, 0.15) is 5.75 Å². The third-order valence-corrected chi connectivity index (χ3v) is 3.52. The van der Waals surface area contributed by atoms with Crippen LogP contribution >= 0.6 is 23.2 Å². The zero-order valence-corrected chi connectivity index (χ0v) is 13.6. The lowest BCUT2D eigenvalue weighted by Gasteiger charge is -2.12. The molecule has 1 amide bonds. The predicted octanol–water partition coefficient (Wildman–Crippen LogP) is 2.55. The molecule has 7 heteroatoms. The molecule has 0 aliphatic heterocycles. The molecule has 1 N–H and O–H groups in total. The van der Waals surface area contributed by atoms with Gasteiger partial charge in [-0.15, -0.1) is 0 Å². The number of anilines is 1. The standard InChI is InChI=1S/C16H13Cl2NO4/c1-23-15-12(7-10(17)8-13(15)18)16(22)19-11-4-2-9(3-5-11)6-14(20)21/h2-5,7-8H,6H2,1H3,(H,19,22)(H,20,21)/p-1. The maximum Gasteiger partial charge on any atom is 0.259 e. The number of nitrogens with one attached hydrogen (secondary N) is 1. The minimum atomic E-state index is -1.17. The number of amides is 1. The van der Waals surface area contributed by atoms with Gasteiger partial charge in [0.15, 0.2) is 0 Å². The van der Waals surface area contributed by atoms with Gasteiger partial charge in [-0.3, -0.25) is 4.79 Å². The number of hydrogen-bond donors (Lipinski definition) is 1. The van der Waals surface area contributed by atoms with Gasteiger partial charge in [-0.05, 0) is 29.8 Å². The molecule has 0 radical (unpaired) electrons. The van der Waals surface area contributed by atoms with Crippen LogP contribution in [0.15, 0.2) is 36.4 Å². The lowest BCUT2D eigenvalue weighted by molar-refractivity contribution is -0.304. The molecule has 23 heavy (non-hydrogen) atoms. The summed E-state index contributed by atoms with van der Waals surface area (Å²) in [6, 6.07) is 9.30. The third-order valence-electron chi connectivity index (χ3n) is 3.02. The van der Waals surface area contributed by atoms with Crippen molar-refractivity contribution in [2.24, 2.45) is 0 Å². The van der Waals surface area contributed by atoms with Gasteiger partial charge in [0.05, 0.1) is 17.7 Å². The first kappa shape index (κ1) is 17.1. The zero-order chi connectivity index (χ0) is 17.0. The molecule has 120 valence electrons. The van der Waals surface area contributed by atoms with Crippen LogP contribution in [-0.2, 0) is 11.2 Å². The first-order chi connectivity index (χ1) is 10.9. The van der Waals surface area contributed by atoms with Crippen molar-refractivity contribution in [3.8, 4) is 5.75 Å². The van der Waals surface area contributed by atoms with E-state index in [4.69, 9.17) is 27.9 Å². The van der Waals surface area contributed by atoms with E-state index in [0.717, 1.165) is 0 Å². The highest BCUT2D eigenvalue weighted by Gasteiger charge is 2.17. The molecule has 0 aliphatic carbocycles. The summed E-state index contributed by atoms with van der Waals surface area (Å²) in [6.45, 7) is 0. The van der Waals surface area contributed by atoms with Crippen LogP contribution in [0, 0.1) is 0 Å². The summed E-state index contributed by atoms with van der Waals surface area (Å²) in [6.07, 6.45) is -0.189. The van der Waals surface area contributed by atoms with Crippen molar-refractivity contribution in [1.82, 2.24) is 0 Å². The minimum Gasteiger partial charge on any atom is -0.550 e. The second kappa shape index (κ2) is 7.35. The summed E-state index contributed by atoms with van der Waals surface area (Å²) in [5, 5.41) is 13.7. The molecule has 2 aromatic rings. The summed E-state index contributed by atoms with van der Waals surface area (Å²) in [4.78, 5) is 22.9. The molecular formula is C16H12Cl2NO4-. The van der Waals surface area contributed by atoms with Gasteiger partial charge in [0.25, 0.3) is 5.91 Å². The molecule has 0 saturated heterocycles. The molecule has 5 nitrogen and oxygen atoms in total. The van der Waals surface area contributed by atoms with Crippen molar-refractivity contribution in [2.75, 3.05) is 12.4 Å². The van der Waals surface area contributed by atoms with Crippen molar-refractivity contribution in [2.45, 2.75) is 6.42 Å². The first-order valence-corrected chi connectivity index (χ1v) is 7.29. The predicted molar refractivity (Wildman–Crippen MR) is 86.1 cm³/mol. The van der Waals surface area contributed by atoms with Crippen LogP contribution in [0.4, 0.5) is 5.69 Å². The van der Waals surface area contributed by atoms with E-state index in [1.807, 2.05) is 0 Å². The number of rotatable bonds is 5. The van der Waals surface area contributed by atoms with Crippen LogP contribution in [0.2, 0.25) is 10.0 Å². The number of hydrogen-bond acceptors (Lipinski definition) is 4. The Balaban J connectivity index is 2.21. The molecule has 0 heterocycles. The number of methoxy groups -OCH3 is 1. The van der Waals surface area contributed by atoms with Crippen molar-refractivity contribution in [1.29, 1.82) is 0 Å². The highest BCUT2D eigenvalue weighted by atomic mass is 35.5. The molecule has 0 spiro atoms. The number of aliphatic carboxylic acids is 1. The number of carboxylic acids is 1. The Morgan fingerprint density at radius 2 is 1.83 bits per heavy atom. The van der Waals surface area contributed by atoms with Crippen LogP contribution < -0.4 is 15.2 Å². The van der Waals surface area contributed by atoms with Gasteiger partial charge >= 0.3 is 0 Å². The molecule has 0 saturated carbocycles. The van der Waals surface area contributed by atoms with Crippen LogP contribution in [-0.4, -0.2) is 19.0 Å². The highest BCUT2D eigenvalue weighted by molar-refractivity contribution is 6.36. The van der Waals surface area contributed by atoms with Crippen LogP contribution in [0.1, 0.15) is 15.9 Å². The molecule has 0 bridgehead atoms. The molecule has 0 fully saturated rings. The topological polar surface area (TPSA) is 78.5 Å². The van der Waals surface area contributed by atoms with Crippen molar-refractivity contribution >= 4 is 40.8 Å². The van der Waals surface area contributed by atoms with Crippen LogP contribution in [0.3, 0.4) is 0 Å². The number of carbonyl (C=O) groups is 2. The second-order valence-electron chi connectivity index (χ2n) is 4.67. The quantitative estimate of drug-likeness (QED) is 0.896. The zero-order valence-electron chi connectivity index (χ0n) is 12.1. The van der Waals surface area contributed by atoms with E-state index in [1.165, 1.54) is 19.2 Å². The van der Waals surface area contributed by atoms with E-state index in [-0.39, 0.29) is 22.8 Å². The largest absolute Gasteiger partial charge is 0.550 e. The van der Waals surface area contributed by atoms with E-state index in [9.17, 15) is 14.7 Å². The van der Waals surface area contributed by atoms with Crippen molar-refractivity contribution < 1.29 is 19.4 Å². The average molecular weight is 353 g/mol. The van der Waals surface area contributed by atoms with Crippen LogP contribution in [0.5, 0.6) is 5.75 Å². The van der Waals surface area contributed by atoms with Gasteiger partial charge in [0, 0.05) is 23.1 Å². The van der Waals surface area contributed by atoms with Crippen molar-refractivity contribution in [3.63, 3.8) is 0 Å². The Morgan fingerprint density at radius 1 is 1.17 bits per heavy atom. The molecule has 0 atom stereocenters. The highest BCUT2D eigenvalue weighted by Crippen LogP contribution is 2.32. The van der Waals surface area contributed by atoms with E-state index in [1.54, 1.807) is 24.3 Å². The minimum absolute atomic E-state index is 0.189. The molecule has 2 aromatic carbocycles. The average Bonchev–Trinajstić information content (AvgIpc) is 2.48. The molecule has 0 aliphatic rings. The summed E-state index contributed by atoms with van der Waals surface area (Å²) in [7, 11) is 1.40. The number of carboxylic acid groups (broad SMARTS) is 1. The number of halogens is 2. The first-order valence-electron chi connectivity index (χ1n) is 6.54. The van der Waals surface area contributed by atoms with Gasteiger partial charge in [-0.25, -0.2) is 0 Å². The summed E-state index contributed by atoms with van der Waals surface area (Å²) in [5.74, 6) is -1.39. The van der Waals surface area contributed by atoms with E-state index >= 15 is 0 Å². The van der Waals surface area contributed by atoms with Gasteiger partial charge in [0.2, 0.25) is 0 Å². The monoisotopic (exact) mass is 352 g/mol. The number of ether oxygens (including phenoxy) is 1. The Kier molecular flexibility index (Phi) is 5.47. The van der Waals surface area contributed by atoms with E-state index in [0.29, 0.717) is 16.3 Å². The Bertz CT molecular complexity index is 744. The van der Waals surface area contributed by atoms with Gasteiger partial charge in [-0.2, -0.15) is 0 Å². The fraction of sp³-hybridized carbons (Fsp3) is 0.125. The van der Waals surface area contributed by atoms with E-state index < -0.39 is 11.9 Å². The lowest BCUT2D eigenvalue weighted by atomic mass is 10.1. The lowest BCUT2D eigenvalue weighted by Crippen LogP contribution is -2.24. The smallest absolute Gasteiger partial charge is 0.259 e. The maximum absolute atomic E-state index is 12.3. The SMILES string of the molecule is COc1c(Cl)cc(Cl)cc1C(=O)Nc1ccc(CC(=O)[O-])cc1. The Labute approximate surface area is 142 Å². The fourth-order valence-electron chi connectivity index (χ4n) is 2.01. The second-order valence-corrected chi connectivity index (χ2v) is 5.51.